The summed E-state index contributed by atoms with van der Waals surface area (Å²) in [6, 6.07) is 5.79. The van der Waals surface area contributed by atoms with Crippen LogP contribution in [0.25, 0.3) is 0 Å². The molecule has 1 aromatic heterocycles. The highest BCUT2D eigenvalue weighted by Gasteiger charge is 2.42. The normalized spacial score (nSPS) is 16.3. The van der Waals surface area contributed by atoms with Gasteiger partial charge in [-0.05, 0) is 37.9 Å². The molecule has 4 heteroatoms. The lowest BCUT2D eigenvalue weighted by Gasteiger charge is -2.22. The zero-order valence-corrected chi connectivity index (χ0v) is 10.9. The fourth-order valence-electron chi connectivity index (χ4n) is 2.17. The van der Waals surface area contributed by atoms with Crippen molar-refractivity contribution >= 4 is 5.91 Å². The average molecular weight is 247 g/mol. The van der Waals surface area contributed by atoms with Crippen LogP contribution in [0.3, 0.4) is 0 Å². The van der Waals surface area contributed by atoms with Crippen molar-refractivity contribution in [2.45, 2.75) is 25.7 Å². The van der Waals surface area contributed by atoms with Gasteiger partial charge in [-0.15, -0.1) is 0 Å². The predicted octanol–water partition coefficient (Wildman–Crippen LogP) is 1.21. The van der Waals surface area contributed by atoms with E-state index in [4.69, 9.17) is 5.73 Å². The van der Waals surface area contributed by atoms with E-state index in [0.717, 1.165) is 25.1 Å². The molecule has 4 nitrogen and oxygen atoms in total. The lowest BCUT2D eigenvalue weighted by atomic mass is 10.1. The molecule has 0 aromatic carbocycles. The first-order chi connectivity index (χ1) is 8.65. The second-order valence-electron chi connectivity index (χ2n) is 5.27. The second kappa shape index (κ2) is 5.48. The molecule has 98 valence electrons. The van der Waals surface area contributed by atoms with Gasteiger partial charge >= 0.3 is 0 Å². The highest BCUT2D eigenvalue weighted by Crippen LogP contribution is 2.44. The minimum atomic E-state index is 0.181. The maximum atomic E-state index is 12.0. The van der Waals surface area contributed by atoms with Crippen LogP contribution in [0.1, 0.15) is 25.0 Å². The van der Waals surface area contributed by atoms with E-state index in [1.54, 1.807) is 6.20 Å². The van der Waals surface area contributed by atoms with Gasteiger partial charge in [0.1, 0.15) is 0 Å². The van der Waals surface area contributed by atoms with Gasteiger partial charge < -0.3 is 10.6 Å². The van der Waals surface area contributed by atoms with Crippen LogP contribution in [0.2, 0.25) is 0 Å². The van der Waals surface area contributed by atoms with Crippen LogP contribution >= 0.6 is 0 Å². The largest absolute Gasteiger partial charge is 0.345 e. The minimum Gasteiger partial charge on any atom is -0.345 e. The number of carbonyl (C=O) groups excluding carboxylic acids is 1. The third-order valence-electron chi connectivity index (χ3n) is 3.71. The summed E-state index contributed by atoms with van der Waals surface area (Å²) >= 11 is 0. The van der Waals surface area contributed by atoms with Crippen LogP contribution in [0.5, 0.6) is 0 Å². The molecule has 1 aromatic rings. The van der Waals surface area contributed by atoms with Crippen LogP contribution in [-0.4, -0.2) is 35.9 Å². The third-order valence-corrected chi connectivity index (χ3v) is 3.71. The Kier molecular flexibility index (Phi) is 3.97. The van der Waals surface area contributed by atoms with Gasteiger partial charge in [-0.1, -0.05) is 6.07 Å². The van der Waals surface area contributed by atoms with E-state index in [0.29, 0.717) is 19.4 Å². The van der Waals surface area contributed by atoms with Crippen molar-refractivity contribution in [1.82, 2.24) is 9.88 Å². The number of pyridine rings is 1. The van der Waals surface area contributed by atoms with Gasteiger partial charge in [-0.2, -0.15) is 0 Å². The number of nitrogens with two attached hydrogens (primary N) is 1. The number of carbonyl (C=O) groups is 1. The fourth-order valence-corrected chi connectivity index (χ4v) is 2.17. The molecule has 0 bridgehead atoms. The Hall–Kier alpha value is -1.42. The number of aryl methyl sites for hydroxylation is 1. The van der Waals surface area contributed by atoms with Gasteiger partial charge in [0.05, 0.1) is 0 Å². The van der Waals surface area contributed by atoms with E-state index in [-0.39, 0.29) is 11.3 Å². The number of hydrogen-bond acceptors (Lipinski definition) is 3. The second-order valence-corrected chi connectivity index (χ2v) is 5.27. The Morgan fingerprint density at radius 1 is 1.50 bits per heavy atom. The molecule has 1 saturated carbocycles. The quantitative estimate of drug-likeness (QED) is 0.822. The predicted molar refractivity (Wildman–Crippen MR) is 70.9 cm³/mol. The van der Waals surface area contributed by atoms with Crippen molar-refractivity contribution in [3.05, 3.63) is 30.1 Å². The van der Waals surface area contributed by atoms with Gasteiger partial charge in [0.15, 0.2) is 0 Å². The van der Waals surface area contributed by atoms with Gasteiger partial charge in [0.25, 0.3) is 0 Å². The number of rotatable bonds is 6. The summed E-state index contributed by atoms with van der Waals surface area (Å²) in [5, 5.41) is 0. The Balaban J connectivity index is 1.77. The Bertz CT molecular complexity index is 401. The first kappa shape index (κ1) is 13.0. The van der Waals surface area contributed by atoms with Crippen LogP contribution in [0.15, 0.2) is 24.4 Å². The molecular formula is C14H21N3O. The van der Waals surface area contributed by atoms with Gasteiger partial charge in [-0.3, -0.25) is 9.78 Å². The summed E-state index contributed by atoms with van der Waals surface area (Å²) in [6.07, 6.45) is 5.30. The molecule has 1 amide bonds. The topological polar surface area (TPSA) is 59.2 Å². The maximum Gasteiger partial charge on any atom is 0.222 e. The zero-order chi connectivity index (χ0) is 13.0. The van der Waals surface area contributed by atoms with E-state index < -0.39 is 0 Å². The number of aromatic nitrogens is 1. The smallest absolute Gasteiger partial charge is 0.222 e. The fraction of sp³-hybridized carbons (Fsp3) is 0.571. The molecule has 18 heavy (non-hydrogen) atoms. The maximum absolute atomic E-state index is 12.0. The van der Waals surface area contributed by atoms with Gasteiger partial charge in [-0.25, -0.2) is 0 Å². The molecule has 0 unspecified atom stereocenters. The lowest BCUT2D eigenvalue weighted by Crippen LogP contribution is -2.35. The molecule has 0 saturated heterocycles. The summed E-state index contributed by atoms with van der Waals surface area (Å²) in [6.45, 7) is 1.48. The summed E-state index contributed by atoms with van der Waals surface area (Å²) < 4.78 is 0. The molecule has 0 aliphatic heterocycles. The van der Waals surface area contributed by atoms with Crippen molar-refractivity contribution in [1.29, 1.82) is 0 Å². The van der Waals surface area contributed by atoms with Gasteiger partial charge in [0.2, 0.25) is 5.91 Å². The molecule has 0 atom stereocenters. The number of nitrogens with zero attached hydrogens (tertiary/aromatic N) is 2. The van der Waals surface area contributed by atoms with Crippen molar-refractivity contribution in [3.63, 3.8) is 0 Å². The number of amides is 1. The van der Waals surface area contributed by atoms with Crippen LogP contribution in [0.4, 0.5) is 0 Å². The van der Waals surface area contributed by atoms with E-state index >= 15 is 0 Å². The van der Waals surface area contributed by atoms with Crippen molar-refractivity contribution in [2.75, 3.05) is 20.1 Å². The molecule has 1 heterocycles. The SMILES string of the molecule is CN(CC1(CN)CC1)C(=O)CCc1ccccn1. The van der Waals surface area contributed by atoms with Crippen LogP contribution in [0, 0.1) is 5.41 Å². The molecular weight excluding hydrogens is 226 g/mol. The Morgan fingerprint density at radius 3 is 2.83 bits per heavy atom. The summed E-state index contributed by atoms with van der Waals surface area (Å²) in [7, 11) is 1.87. The van der Waals surface area contributed by atoms with Gasteiger partial charge in [0, 0.05) is 37.3 Å². The van der Waals surface area contributed by atoms with E-state index in [2.05, 4.69) is 4.98 Å². The van der Waals surface area contributed by atoms with Crippen LogP contribution < -0.4 is 5.73 Å². The van der Waals surface area contributed by atoms with Crippen molar-refractivity contribution in [3.8, 4) is 0 Å². The molecule has 0 radical (unpaired) electrons. The molecule has 1 aliphatic carbocycles. The third kappa shape index (κ3) is 3.29. The van der Waals surface area contributed by atoms with E-state index in [9.17, 15) is 4.79 Å². The summed E-state index contributed by atoms with van der Waals surface area (Å²) in [5.74, 6) is 0.181. The molecule has 2 N–H and O–H groups in total. The van der Waals surface area contributed by atoms with Crippen LogP contribution in [-0.2, 0) is 11.2 Å². The first-order valence-corrected chi connectivity index (χ1v) is 6.49. The highest BCUT2D eigenvalue weighted by molar-refractivity contribution is 5.76. The molecule has 0 spiro atoms. The highest BCUT2D eigenvalue weighted by atomic mass is 16.2. The van der Waals surface area contributed by atoms with Crippen molar-refractivity contribution in [2.24, 2.45) is 11.1 Å². The van der Waals surface area contributed by atoms with E-state index in [1.807, 2.05) is 30.1 Å². The average Bonchev–Trinajstić information content (AvgIpc) is 3.17. The molecule has 2 rings (SSSR count). The lowest BCUT2D eigenvalue weighted by molar-refractivity contribution is -0.130. The first-order valence-electron chi connectivity index (χ1n) is 6.49. The monoisotopic (exact) mass is 247 g/mol. The standard InChI is InChI=1S/C14H21N3O/c1-17(11-14(10-15)7-8-14)13(18)6-5-12-4-2-3-9-16-12/h2-4,9H,5-8,10-11,15H2,1H3. The Labute approximate surface area is 108 Å². The Morgan fingerprint density at radius 2 is 2.28 bits per heavy atom. The zero-order valence-electron chi connectivity index (χ0n) is 10.9. The molecule has 1 fully saturated rings. The summed E-state index contributed by atoms with van der Waals surface area (Å²) in [5.41, 5.74) is 6.92. The minimum absolute atomic E-state index is 0.181. The van der Waals surface area contributed by atoms with E-state index in [1.165, 1.54) is 0 Å². The summed E-state index contributed by atoms with van der Waals surface area (Å²) in [4.78, 5) is 18.0. The molecule has 1 aliphatic rings. The number of hydrogen-bond donors (Lipinski definition) is 1. The van der Waals surface area contributed by atoms with Crippen molar-refractivity contribution < 1.29 is 4.79 Å².